The quantitative estimate of drug-likeness (QED) is 0.883. The van der Waals surface area contributed by atoms with Crippen LogP contribution in [0.2, 0.25) is 0 Å². The molecule has 24 heavy (non-hydrogen) atoms. The lowest BCUT2D eigenvalue weighted by Crippen LogP contribution is -2.44. The minimum atomic E-state index is -0.194. The van der Waals surface area contributed by atoms with E-state index in [0.29, 0.717) is 6.04 Å². The van der Waals surface area contributed by atoms with Gasteiger partial charge in [0.15, 0.2) is 0 Å². The van der Waals surface area contributed by atoms with Gasteiger partial charge in [-0.25, -0.2) is 4.39 Å². The van der Waals surface area contributed by atoms with Gasteiger partial charge < -0.3 is 10.2 Å². The zero-order valence-corrected chi connectivity index (χ0v) is 14.6. The number of nitrogens with one attached hydrogen (secondary N) is 1. The Balaban J connectivity index is 1.74. The van der Waals surface area contributed by atoms with Gasteiger partial charge in [-0.05, 0) is 56.6 Å². The molecule has 0 amide bonds. The summed E-state index contributed by atoms with van der Waals surface area (Å²) in [6.45, 7) is 5.68. The molecule has 2 heterocycles. The van der Waals surface area contributed by atoms with E-state index in [1.54, 1.807) is 16.8 Å². The number of aryl methyl sites for hydroxylation is 1. The highest BCUT2D eigenvalue weighted by molar-refractivity contribution is 5.29. The Hall–Kier alpha value is -1.72. The standard InChI is InChI=1S/C19H27FN4/c1-3-9-24-10-7-18(8-11-24)22-19(16-13-21-23(2)14-16)15-5-4-6-17(20)12-15/h4-6,12-14,18-19,22H,3,7-11H2,1-2H3/t19-/m0/s1. The van der Waals surface area contributed by atoms with Crippen LogP contribution in [0.4, 0.5) is 4.39 Å². The van der Waals surface area contributed by atoms with Gasteiger partial charge in [0.2, 0.25) is 0 Å². The van der Waals surface area contributed by atoms with Crippen LogP contribution in [-0.2, 0) is 7.05 Å². The van der Waals surface area contributed by atoms with Gasteiger partial charge in [-0.3, -0.25) is 4.68 Å². The summed E-state index contributed by atoms with van der Waals surface area (Å²) in [6.07, 6.45) is 7.35. The second kappa shape index (κ2) is 7.90. The van der Waals surface area contributed by atoms with Crippen molar-refractivity contribution in [2.24, 2.45) is 7.05 Å². The van der Waals surface area contributed by atoms with Gasteiger partial charge in [-0.2, -0.15) is 5.10 Å². The Morgan fingerprint density at radius 3 is 2.71 bits per heavy atom. The van der Waals surface area contributed by atoms with Gasteiger partial charge in [0.1, 0.15) is 5.82 Å². The van der Waals surface area contributed by atoms with Crippen molar-refractivity contribution in [2.75, 3.05) is 19.6 Å². The van der Waals surface area contributed by atoms with Gasteiger partial charge >= 0.3 is 0 Å². The molecule has 0 bridgehead atoms. The smallest absolute Gasteiger partial charge is 0.123 e. The number of halogens is 1. The maximum Gasteiger partial charge on any atom is 0.123 e. The number of benzene rings is 1. The number of nitrogens with zero attached hydrogens (tertiary/aromatic N) is 3. The van der Waals surface area contributed by atoms with Crippen LogP contribution in [0.15, 0.2) is 36.7 Å². The lowest BCUT2D eigenvalue weighted by Gasteiger charge is -2.34. The highest BCUT2D eigenvalue weighted by atomic mass is 19.1. The predicted octanol–water partition coefficient (Wildman–Crippen LogP) is 3.11. The summed E-state index contributed by atoms with van der Waals surface area (Å²) in [5.74, 6) is -0.194. The molecule has 0 unspecified atom stereocenters. The van der Waals surface area contributed by atoms with Crippen LogP contribution in [0.25, 0.3) is 0 Å². The molecule has 1 saturated heterocycles. The molecule has 1 atom stereocenters. The molecule has 3 rings (SSSR count). The first kappa shape index (κ1) is 17.1. The van der Waals surface area contributed by atoms with E-state index in [9.17, 15) is 4.39 Å². The van der Waals surface area contributed by atoms with E-state index in [1.807, 2.05) is 25.5 Å². The molecule has 0 saturated carbocycles. The Labute approximate surface area is 143 Å². The van der Waals surface area contributed by atoms with E-state index in [4.69, 9.17) is 0 Å². The largest absolute Gasteiger partial charge is 0.303 e. The average Bonchev–Trinajstić information content (AvgIpc) is 3.00. The number of hydrogen-bond donors (Lipinski definition) is 1. The molecule has 0 spiro atoms. The van der Waals surface area contributed by atoms with Crippen LogP contribution in [0.1, 0.15) is 43.4 Å². The molecule has 1 aromatic heterocycles. The fourth-order valence-electron chi connectivity index (χ4n) is 3.54. The normalized spacial score (nSPS) is 18.0. The second-order valence-corrected chi connectivity index (χ2v) is 6.72. The molecule has 130 valence electrons. The molecule has 1 aromatic carbocycles. The lowest BCUT2D eigenvalue weighted by atomic mass is 9.97. The highest BCUT2D eigenvalue weighted by Crippen LogP contribution is 2.25. The molecule has 2 aromatic rings. The van der Waals surface area contributed by atoms with Crippen molar-refractivity contribution < 1.29 is 4.39 Å². The van der Waals surface area contributed by atoms with Crippen LogP contribution in [-0.4, -0.2) is 40.4 Å². The molecule has 0 aliphatic carbocycles. The third-order valence-corrected chi connectivity index (χ3v) is 4.77. The first-order chi connectivity index (χ1) is 11.7. The van der Waals surface area contributed by atoms with Crippen molar-refractivity contribution >= 4 is 0 Å². The minimum absolute atomic E-state index is 0.0166. The fraction of sp³-hybridized carbons (Fsp3) is 0.526. The molecular weight excluding hydrogens is 303 g/mol. The van der Waals surface area contributed by atoms with Crippen LogP contribution in [0.3, 0.4) is 0 Å². The number of hydrogen-bond acceptors (Lipinski definition) is 3. The van der Waals surface area contributed by atoms with Crippen molar-refractivity contribution in [3.05, 3.63) is 53.6 Å². The monoisotopic (exact) mass is 330 g/mol. The molecule has 1 N–H and O–H groups in total. The van der Waals surface area contributed by atoms with Crippen molar-refractivity contribution in [3.63, 3.8) is 0 Å². The summed E-state index contributed by atoms with van der Waals surface area (Å²) in [5, 5.41) is 8.03. The van der Waals surface area contributed by atoms with E-state index in [2.05, 4.69) is 22.2 Å². The van der Waals surface area contributed by atoms with Crippen LogP contribution in [0.5, 0.6) is 0 Å². The SMILES string of the molecule is CCCN1CCC(N[C@@H](c2cccc(F)c2)c2cnn(C)c2)CC1. The first-order valence-corrected chi connectivity index (χ1v) is 8.88. The van der Waals surface area contributed by atoms with Gasteiger partial charge in [0.25, 0.3) is 0 Å². The van der Waals surface area contributed by atoms with Gasteiger partial charge in [0.05, 0.1) is 12.2 Å². The lowest BCUT2D eigenvalue weighted by molar-refractivity contribution is 0.194. The number of likely N-dealkylation sites (tertiary alicyclic amines) is 1. The van der Waals surface area contributed by atoms with Crippen molar-refractivity contribution in [3.8, 4) is 0 Å². The molecule has 4 nitrogen and oxygen atoms in total. The zero-order valence-electron chi connectivity index (χ0n) is 14.6. The summed E-state index contributed by atoms with van der Waals surface area (Å²) in [7, 11) is 1.91. The first-order valence-electron chi connectivity index (χ1n) is 8.88. The molecule has 0 radical (unpaired) electrons. The molecule has 1 fully saturated rings. The second-order valence-electron chi connectivity index (χ2n) is 6.72. The molecule has 1 aliphatic heterocycles. The Kier molecular flexibility index (Phi) is 5.63. The minimum Gasteiger partial charge on any atom is -0.303 e. The molecule has 1 aliphatic rings. The predicted molar refractivity (Wildman–Crippen MR) is 94.3 cm³/mol. The zero-order chi connectivity index (χ0) is 16.9. The number of piperidine rings is 1. The van der Waals surface area contributed by atoms with Gasteiger partial charge in [-0.1, -0.05) is 19.1 Å². The van der Waals surface area contributed by atoms with E-state index >= 15 is 0 Å². The van der Waals surface area contributed by atoms with Crippen LogP contribution < -0.4 is 5.32 Å². The third kappa shape index (κ3) is 4.22. The van der Waals surface area contributed by atoms with Crippen LogP contribution >= 0.6 is 0 Å². The van der Waals surface area contributed by atoms with E-state index < -0.39 is 0 Å². The molecule has 5 heteroatoms. The summed E-state index contributed by atoms with van der Waals surface area (Å²) in [5.41, 5.74) is 2.04. The Bertz CT molecular complexity index is 646. The van der Waals surface area contributed by atoms with Crippen molar-refractivity contribution in [2.45, 2.75) is 38.3 Å². The van der Waals surface area contributed by atoms with E-state index in [-0.39, 0.29) is 11.9 Å². The number of aromatic nitrogens is 2. The summed E-state index contributed by atoms with van der Waals surface area (Å²) >= 11 is 0. The van der Waals surface area contributed by atoms with Crippen LogP contribution in [0, 0.1) is 5.82 Å². The maximum absolute atomic E-state index is 13.7. The Morgan fingerprint density at radius 1 is 1.29 bits per heavy atom. The van der Waals surface area contributed by atoms with E-state index in [0.717, 1.165) is 37.1 Å². The number of rotatable bonds is 6. The summed E-state index contributed by atoms with van der Waals surface area (Å²) in [4.78, 5) is 2.53. The van der Waals surface area contributed by atoms with Gasteiger partial charge in [0, 0.05) is 24.8 Å². The Morgan fingerprint density at radius 2 is 2.08 bits per heavy atom. The topological polar surface area (TPSA) is 33.1 Å². The molecular formula is C19H27FN4. The van der Waals surface area contributed by atoms with Crippen molar-refractivity contribution in [1.82, 2.24) is 20.0 Å². The highest BCUT2D eigenvalue weighted by Gasteiger charge is 2.24. The average molecular weight is 330 g/mol. The third-order valence-electron chi connectivity index (χ3n) is 4.77. The van der Waals surface area contributed by atoms with Gasteiger partial charge in [-0.15, -0.1) is 0 Å². The summed E-state index contributed by atoms with van der Waals surface area (Å²) < 4.78 is 15.5. The van der Waals surface area contributed by atoms with E-state index in [1.165, 1.54) is 19.0 Å². The maximum atomic E-state index is 13.7. The fourth-order valence-corrected chi connectivity index (χ4v) is 3.54. The summed E-state index contributed by atoms with van der Waals surface area (Å²) in [6, 6.07) is 7.31. The van der Waals surface area contributed by atoms with Crippen molar-refractivity contribution in [1.29, 1.82) is 0 Å².